The van der Waals surface area contributed by atoms with E-state index in [0.29, 0.717) is 29.7 Å². The van der Waals surface area contributed by atoms with Crippen molar-refractivity contribution in [3.05, 3.63) is 57.2 Å². The van der Waals surface area contributed by atoms with E-state index in [2.05, 4.69) is 74.4 Å². The Bertz CT molecular complexity index is 1950. The summed E-state index contributed by atoms with van der Waals surface area (Å²) in [6.07, 6.45) is 14.8. The lowest BCUT2D eigenvalue weighted by atomic mass is 9.72. The number of hydrogen-bond acceptors (Lipinski definition) is 10. The van der Waals surface area contributed by atoms with Gasteiger partial charge in [0.25, 0.3) is 0 Å². The zero-order valence-electron chi connectivity index (χ0n) is 36.7. The third-order valence-corrected chi connectivity index (χ3v) is 13.0. The highest BCUT2D eigenvalue weighted by molar-refractivity contribution is 7.98. The van der Waals surface area contributed by atoms with Gasteiger partial charge >= 0.3 is 6.03 Å². The zero-order chi connectivity index (χ0) is 43.5. The molecule has 0 radical (unpaired) electrons. The predicted octanol–water partition coefficient (Wildman–Crippen LogP) is 8.68. The molecule has 2 saturated carbocycles. The minimum absolute atomic E-state index is 0.00389. The van der Waals surface area contributed by atoms with E-state index in [0.717, 1.165) is 115 Å². The molecule has 1 aliphatic heterocycles. The summed E-state index contributed by atoms with van der Waals surface area (Å²) in [6, 6.07) is 5.70. The number of benzene rings is 1. The fourth-order valence-electron chi connectivity index (χ4n) is 7.66. The van der Waals surface area contributed by atoms with E-state index < -0.39 is 0 Å². The lowest BCUT2D eigenvalue weighted by Crippen LogP contribution is -2.39. The molecule has 3 aromatic rings. The molecule has 0 bridgehead atoms. The monoisotopic (exact) mass is 853 g/mol. The molecular weight excluding hydrogens is 787 g/mol. The Morgan fingerprint density at radius 1 is 1.19 bits per heavy atom. The molecule has 1 unspecified atom stereocenters. The van der Waals surface area contributed by atoms with Gasteiger partial charge < -0.3 is 24.8 Å². The molecule has 1 saturated heterocycles. The normalized spacial score (nSPS) is 18.2. The van der Waals surface area contributed by atoms with Crippen LogP contribution in [0.15, 0.2) is 40.5 Å². The molecule has 0 spiro atoms. The highest BCUT2D eigenvalue weighted by atomic mass is 32.2. The number of H-pyrrole nitrogens is 1. The number of allylic oxidation sites excluding steroid dienone is 1. The number of hydrazine groups is 1. The molecule has 15 heteroatoms. The van der Waals surface area contributed by atoms with E-state index in [1.165, 1.54) is 11.9 Å². The van der Waals surface area contributed by atoms with Crippen molar-refractivity contribution < 1.29 is 24.3 Å². The van der Waals surface area contributed by atoms with Gasteiger partial charge in [-0.1, -0.05) is 53.7 Å². The number of thiazole rings is 1. The molecular formula is C44H67N7O6S2. The molecule has 4 amide bonds. The number of nitrogens with zero attached hydrogens (tertiary/aromatic N) is 4. The third kappa shape index (κ3) is 14.9. The Kier molecular flexibility index (Phi) is 17.0. The Morgan fingerprint density at radius 2 is 1.88 bits per heavy atom. The van der Waals surface area contributed by atoms with E-state index in [-0.39, 0.29) is 27.0 Å². The maximum absolute atomic E-state index is 12.4. The van der Waals surface area contributed by atoms with Crippen LogP contribution in [0.5, 0.6) is 5.75 Å². The average molecular weight is 854 g/mol. The number of aromatic nitrogens is 2. The minimum atomic E-state index is -0.00389. The summed E-state index contributed by atoms with van der Waals surface area (Å²) in [6.45, 7) is 19.9. The van der Waals surface area contributed by atoms with Gasteiger partial charge in [0.15, 0.2) is 5.43 Å². The number of aromatic amines is 1. The van der Waals surface area contributed by atoms with Crippen molar-refractivity contribution in [2.24, 2.45) is 16.7 Å². The van der Waals surface area contributed by atoms with Gasteiger partial charge in [0.2, 0.25) is 12.8 Å². The van der Waals surface area contributed by atoms with E-state index in [1.807, 2.05) is 37.2 Å². The van der Waals surface area contributed by atoms with E-state index >= 15 is 0 Å². The zero-order valence-corrected chi connectivity index (χ0v) is 38.4. The molecule has 2 aliphatic carbocycles. The smallest absolute Gasteiger partial charge is 0.317 e. The molecule has 326 valence electrons. The highest BCUT2D eigenvalue weighted by Gasteiger charge is 2.40. The second-order valence-corrected chi connectivity index (χ2v) is 20.7. The number of fused-ring (bicyclic) bond motifs is 1. The van der Waals surface area contributed by atoms with Crippen LogP contribution in [0.4, 0.5) is 4.79 Å². The van der Waals surface area contributed by atoms with Crippen molar-refractivity contribution in [1.29, 1.82) is 0 Å². The molecule has 1 aromatic carbocycles. The lowest BCUT2D eigenvalue weighted by Gasteiger charge is -2.36. The Balaban J connectivity index is 0.000000214. The second kappa shape index (κ2) is 21.0. The van der Waals surface area contributed by atoms with Crippen LogP contribution in [-0.4, -0.2) is 93.0 Å². The summed E-state index contributed by atoms with van der Waals surface area (Å²) >= 11 is 2.79. The molecule has 59 heavy (non-hydrogen) atoms. The number of pyridine rings is 1. The quantitative estimate of drug-likeness (QED) is 0.0451. The summed E-state index contributed by atoms with van der Waals surface area (Å²) in [7, 11) is 3.48. The first kappa shape index (κ1) is 47.8. The number of aryl methyl sites for hydroxylation is 1. The van der Waals surface area contributed by atoms with Crippen molar-refractivity contribution in [3.8, 4) is 16.5 Å². The number of carbonyl (C=O) groups is 3. The van der Waals surface area contributed by atoms with Crippen molar-refractivity contribution in [3.63, 3.8) is 0 Å². The van der Waals surface area contributed by atoms with Gasteiger partial charge in [0.1, 0.15) is 10.8 Å². The summed E-state index contributed by atoms with van der Waals surface area (Å²) in [5.41, 5.74) is 6.00. The fraction of sp³-hybridized carbons (Fsp3) is 0.614. The predicted molar refractivity (Wildman–Crippen MR) is 240 cm³/mol. The van der Waals surface area contributed by atoms with Crippen LogP contribution in [0.1, 0.15) is 117 Å². The molecule has 3 aliphatic rings. The standard InChI is InChI=1S/C22H39N3O2.C17H18N2O2S.C5H10N2O2S/c1-21(2,15-22(3,4)16-24(5)17-26)11-7-6-10-18-14-19(18)23-20(27)25-12-8-9-13-25;1-9(2)13-8-22-17(19-13)12-7-14(20)11-5-6-15(21-4)10(3)16(11)18-12;1-5(2-3-5)10-7(9)6-4-8/h6,10,17-19H,7-9,11-16H2,1-5H3,(H,23,27);5-9H,1-4H3,(H,18,20);4,9H,2-3H2,1H3,(H,6,8)/b10-6-;;/t18-,19?;;/m1../s1. The van der Waals surface area contributed by atoms with Crippen LogP contribution in [0.25, 0.3) is 21.6 Å². The highest BCUT2D eigenvalue weighted by Crippen LogP contribution is 2.48. The number of hydrogen-bond donors (Lipinski definition) is 4. The topological polar surface area (TPSA) is 160 Å². The molecule has 2 atom stereocenters. The summed E-state index contributed by atoms with van der Waals surface area (Å²) in [5.74, 6) is 1.65. The molecule has 2 aromatic heterocycles. The summed E-state index contributed by atoms with van der Waals surface area (Å²) in [5, 5.41) is 15.6. The first-order valence-electron chi connectivity index (χ1n) is 20.7. The van der Waals surface area contributed by atoms with Gasteiger partial charge in [0.05, 0.1) is 24.0 Å². The van der Waals surface area contributed by atoms with Gasteiger partial charge in [-0.3, -0.25) is 25.0 Å². The Labute approximate surface area is 358 Å². The number of methoxy groups -OCH3 is 1. The molecule has 13 nitrogen and oxygen atoms in total. The van der Waals surface area contributed by atoms with Crippen LogP contribution < -0.4 is 20.9 Å². The van der Waals surface area contributed by atoms with Crippen LogP contribution >= 0.6 is 23.3 Å². The van der Waals surface area contributed by atoms with E-state index in [4.69, 9.17) is 9.94 Å². The number of carbonyl (C=O) groups excluding carboxylic acids is 3. The minimum Gasteiger partial charge on any atom is -0.496 e. The molecule has 4 N–H and O–H groups in total. The van der Waals surface area contributed by atoms with Gasteiger partial charge in [-0.05, 0) is 117 Å². The third-order valence-electron chi connectivity index (χ3n) is 10.9. The molecule has 3 fully saturated rings. The van der Waals surface area contributed by atoms with Gasteiger partial charge in [-0.15, -0.1) is 11.3 Å². The fourth-order valence-corrected chi connectivity index (χ4v) is 9.41. The van der Waals surface area contributed by atoms with E-state index in [9.17, 15) is 19.2 Å². The van der Waals surface area contributed by atoms with Crippen molar-refractivity contribution in [1.82, 2.24) is 35.1 Å². The first-order chi connectivity index (χ1) is 27.8. The number of ether oxygens (including phenoxy) is 1. The number of rotatable bonds is 17. The Hall–Kier alpha value is -3.92. The van der Waals surface area contributed by atoms with Crippen LogP contribution in [0.3, 0.4) is 0 Å². The first-order valence-corrected chi connectivity index (χ1v) is 22.4. The summed E-state index contributed by atoms with van der Waals surface area (Å²) in [4.78, 5) is 56.8. The lowest BCUT2D eigenvalue weighted by molar-refractivity contribution is -0.121. The second-order valence-electron chi connectivity index (χ2n) is 18.3. The maximum atomic E-state index is 12.4. The average Bonchev–Trinajstić information content (AvgIpc) is 3.86. The number of amides is 4. The van der Waals surface area contributed by atoms with Gasteiger partial charge in [-0.25, -0.2) is 9.78 Å². The van der Waals surface area contributed by atoms with Gasteiger partial charge in [0, 0.05) is 59.9 Å². The van der Waals surface area contributed by atoms with E-state index in [1.54, 1.807) is 35.5 Å². The van der Waals surface area contributed by atoms with Crippen molar-refractivity contribution in [2.75, 3.05) is 33.8 Å². The van der Waals surface area contributed by atoms with Gasteiger partial charge in [-0.2, -0.15) is 0 Å². The number of likely N-dealkylation sites (tertiary alicyclic amines) is 1. The Morgan fingerprint density at radius 3 is 2.47 bits per heavy atom. The van der Waals surface area contributed by atoms with Crippen molar-refractivity contribution >= 4 is 53.0 Å². The van der Waals surface area contributed by atoms with Crippen LogP contribution in [0, 0.1) is 23.7 Å². The summed E-state index contributed by atoms with van der Waals surface area (Å²) < 4.78 is 6.23. The van der Waals surface area contributed by atoms with Crippen LogP contribution in [-0.2, 0) is 9.59 Å². The van der Waals surface area contributed by atoms with Crippen molar-refractivity contribution in [2.45, 2.75) is 123 Å². The maximum Gasteiger partial charge on any atom is 0.317 e. The largest absolute Gasteiger partial charge is 0.496 e. The SMILES string of the molecule is CC1(SN(O)NC=O)CC1.CN(C=O)CC(C)(C)CC(C)(C)CC/C=C\[C@@H]1CC1NC(=O)N1CCCC1.COc1ccc2c(=O)cc(-c3nc(C(C)C)cs3)[nH]c2c1C. The number of urea groups is 1. The molecule has 3 heterocycles. The van der Waals surface area contributed by atoms with Crippen LogP contribution in [0.2, 0.25) is 0 Å². The molecule has 6 rings (SSSR count). The number of nitrogens with one attached hydrogen (secondary N) is 3.